The van der Waals surface area contributed by atoms with Crippen LogP contribution >= 0.6 is 0 Å². The number of nitrogens with one attached hydrogen (secondary N) is 2. The Morgan fingerprint density at radius 2 is 1.33 bits per heavy atom. The van der Waals surface area contributed by atoms with Crippen molar-refractivity contribution >= 4 is 22.6 Å². The van der Waals surface area contributed by atoms with Gasteiger partial charge in [-0.25, -0.2) is 4.68 Å². The molecule has 1 heterocycles. The van der Waals surface area contributed by atoms with E-state index in [1.165, 1.54) is 0 Å². The van der Waals surface area contributed by atoms with Crippen molar-refractivity contribution in [2.45, 2.75) is 5.54 Å². The zero-order valence-electron chi connectivity index (χ0n) is 23.4. The van der Waals surface area contributed by atoms with Gasteiger partial charge in [-0.05, 0) is 52.6 Å². The maximum atomic E-state index is 12.4. The fraction of sp³-hybridized carbons (Fsp3) is 0.0833. The second-order valence-electron chi connectivity index (χ2n) is 10.0. The number of amides is 1. The van der Waals surface area contributed by atoms with Crippen molar-refractivity contribution in [2.75, 3.05) is 19.4 Å². The van der Waals surface area contributed by atoms with Gasteiger partial charge in [0.05, 0.1) is 17.1 Å². The molecule has 1 amide bonds. The highest BCUT2D eigenvalue weighted by Crippen LogP contribution is 2.44. The third kappa shape index (κ3) is 4.29. The maximum absolute atomic E-state index is 12.4. The van der Waals surface area contributed by atoms with Gasteiger partial charge in [0.2, 0.25) is 0 Å². The van der Waals surface area contributed by atoms with E-state index in [2.05, 4.69) is 100 Å². The normalized spacial score (nSPS) is 11.2. The Hall–Kier alpha value is -5.67. The van der Waals surface area contributed by atoms with Gasteiger partial charge < -0.3 is 10.6 Å². The molecule has 5 aromatic carbocycles. The van der Waals surface area contributed by atoms with Gasteiger partial charge in [0.15, 0.2) is 5.82 Å². The van der Waals surface area contributed by atoms with Crippen LogP contribution in [0.3, 0.4) is 0 Å². The predicted molar refractivity (Wildman–Crippen MR) is 167 cm³/mol. The molecule has 204 valence electrons. The average molecular weight is 548 g/mol. The van der Waals surface area contributed by atoms with E-state index in [1.54, 1.807) is 25.2 Å². The lowest BCUT2D eigenvalue weighted by molar-refractivity contribution is 0.0963. The molecular formula is C36H29N5O. The summed E-state index contributed by atoms with van der Waals surface area (Å²) < 4.78 is 2.10. The number of fused-ring (bicyclic) bond motifs is 1. The van der Waals surface area contributed by atoms with Crippen molar-refractivity contribution in [3.8, 4) is 17.2 Å². The third-order valence-electron chi connectivity index (χ3n) is 7.75. The SMILES string of the molecule is CNC(=O)c1ccc(C#N)c(-c2ccc3c(c2)c(NC)nn3C(c2ccccc2)(c2ccccc2)c2ccccc2)c1. The maximum Gasteiger partial charge on any atom is 0.251 e. The largest absolute Gasteiger partial charge is 0.371 e. The summed E-state index contributed by atoms with van der Waals surface area (Å²) in [4.78, 5) is 12.4. The minimum Gasteiger partial charge on any atom is -0.371 e. The molecule has 0 bridgehead atoms. The Bertz CT molecular complexity index is 1830. The number of hydrogen-bond acceptors (Lipinski definition) is 4. The monoisotopic (exact) mass is 547 g/mol. The Labute approximate surface area is 244 Å². The lowest BCUT2D eigenvalue weighted by Crippen LogP contribution is -2.38. The van der Waals surface area contributed by atoms with E-state index >= 15 is 0 Å². The predicted octanol–water partition coefficient (Wildman–Crippen LogP) is 6.82. The number of benzene rings is 5. The number of rotatable bonds is 7. The van der Waals surface area contributed by atoms with Crippen LogP contribution in [0.1, 0.15) is 32.6 Å². The van der Waals surface area contributed by atoms with Gasteiger partial charge in [-0.2, -0.15) is 10.4 Å². The van der Waals surface area contributed by atoms with Crippen LogP contribution in [0.2, 0.25) is 0 Å². The molecule has 0 unspecified atom stereocenters. The summed E-state index contributed by atoms with van der Waals surface area (Å²) in [5.74, 6) is 0.504. The van der Waals surface area contributed by atoms with E-state index in [0.29, 0.717) is 22.5 Å². The third-order valence-corrected chi connectivity index (χ3v) is 7.75. The molecule has 6 heteroatoms. The molecule has 42 heavy (non-hydrogen) atoms. The van der Waals surface area contributed by atoms with Crippen molar-refractivity contribution in [3.63, 3.8) is 0 Å². The molecule has 0 saturated carbocycles. The first-order valence-electron chi connectivity index (χ1n) is 13.8. The second-order valence-corrected chi connectivity index (χ2v) is 10.0. The van der Waals surface area contributed by atoms with Crippen LogP contribution in [-0.2, 0) is 5.54 Å². The molecular weight excluding hydrogens is 518 g/mol. The van der Waals surface area contributed by atoms with Crippen LogP contribution < -0.4 is 10.6 Å². The van der Waals surface area contributed by atoms with Gasteiger partial charge >= 0.3 is 0 Å². The highest BCUT2D eigenvalue weighted by Gasteiger charge is 2.40. The Morgan fingerprint density at radius 1 is 0.762 bits per heavy atom. The molecule has 6 aromatic rings. The van der Waals surface area contributed by atoms with Crippen molar-refractivity contribution < 1.29 is 4.79 Å². The van der Waals surface area contributed by atoms with Crippen LogP contribution in [0.4, 0.5) is 5.82 Å². The summed E-state index contributed by atoms with van der Waals surface area (Å²) in [6.07, 6.45) is 0. The Morgan fingerprint density at radius 3 is 1.83 bits per heavy atom. The molecule has 1 aromatic heterocycles. The van der Waals surface area contributed by atoms with E-state index in [1.807, 2.05) is 37.4 Å². The summed E-state index contributed by atoms with van der Waals surface area (Å²) in [5, 5.41) is 22.0. The summed E-state index contributed by atoms with van der Waals surface area (Å²) in [6, 6.07) is 44.8. The first-order valence-corrected chi connectivity index (χ1v) is 13.8. The van der Waals surface area contributed by atoms with E-state index < -0.39 is 5.54 Å². The minimum atomic E-state index is -0.782. The van der Waals surface area contributed by atoms with Crippen molar-refractivity contribution in [1.29, 1.82) is 5.26 Å². The van der Waals surface area contributed by atoms with Crippen LogP contribution in [0.25, 0.3) is 22.0 Å². The van der Waals surface area contributed by atoms with Crippen molar-refractivity contribution in [3.05, 3.63) is 155 Å². The Balaban J connectivity index is 1.68. The second kappa shape index (κ2) is 11.1. The van der Waals surface area contributed by atoms with Crippen molar-refractivity contribution in [1.82, 2.24) is 15.1 Å². The molecule has 0 aliphatic carbocycles. The molecule has 6 rings (SSSR count). The summed E-state index contributed by atoms with van der Waals surface area (Å²) in [7, 11) is 3.46. The van der Waals surface area contributed by atoms with Crippen molar-refractivity contribution in [2.24, 2.45) is 0 Å². The number of aromatic nitrogens is 2. The van der Waals surface area contributed by atoms with Gasteiger partial charge in [0, 0.05) is 30.6 Å². The molecule has 6 nitrogen and oxygen atoms in total. The van der Waals surface area contributed by atoms with Crippen LogP contribution in [0, 0.1) is 11.3 Å². The number of carbonyl (C=O) groups excluding carboxylic acids is 1. The molecule has 0 atom stereocenters. The summed E-state index contributed by atoms with van der Waals surface area (Å²) in [5.41, 5.74) is 5.85. The lowest BCUT2D eigenvalue weighted by Gasteiger charge is -2.37. The highest BCUT2D eigenvalue weighted by molar-refractivity contribution is 5.98. The number of anilines is 1. The van der Waals surface area contributed by atoms with Gasteiger partial charge in [0.25, 0.3) is 5.91 Å². The zero-order chi connectivity index (χ0) is 29.1. The fourth-order valence-electron chi connectivity index (χ4n) is 5.80. The number of nitrogens with zero attached hydrogens (tertiary/aromatic N) is 3. The zero-order valence-corrected chi connectivity index (χ0v) is 23.4. The molecule has 2 N–H and O–H groups in total. The first kappa shape index (κ1) is 26.5. The first-order chi connectivity index (χ1) is 20.6. The number of carbonyl (C=O) groups is 1. The van der Waals surface area contributed by atoms with Gasteiger partial charge in [-0.1, -0.05) is 97.1 Å². The molecule has 0 fully saturated rings. The van der Waals surface area contributed by atoms with E-state index in [-0.39, 0.29) is 5.91 Å². The minimum absolute atomic E-state index is 0.205. The molecule has 0 radical (unpaired) electrons. The molecule has 0 aliphatic heterocycles. The molecule has 0 spiro atoms. The molecule has 0 aliphatic rings. The van der Waals surface area contributed by atoms with Gasteiger partial charge in [-0.3, -0.25) is 4.79 Å². The van der Waals surface area contributed by atoms with Gasteiger partial charge in [0.1, 0.15) is 5.54 Å². The highest BCUT2D eigenvalue weighted by atomic mass is 16.1. The standard InChI is InChI=1S/C36H29N5O/c1-38-34-32-22-25(31-23-26(35(42)39-2)18-19-27(31)24-37)20-21-33(32)41(40-34)36(28-12-6-3-7-13-28,29-14-8-4-9-15-29)30-16-10-5-11-17-30/h3-23H,1-2H3,(H,38,40)(H,39,42). The average Bonchev–Trinajstić information content (AvgIpc) is 3.44. The van der Waals surface area contributed by atoms with Crippen LogP contribution in [-0.4, -0.2) is 29.8 Å². The summed E-state index contributed by atoms with van der Waals surface area (Å²) >= 11 is 0. The Kier molecular flexibility index (Phi) is 7.00. The topological polar surface area (TPSA) is 82.7 Å². The number of nitriles is 1. The van der Waals surface area contributed by atoms with Crippen LogP contribution in [0.15, 0.2) is 127 Å². The van der Waals surface area contributed by atoms with Gasteiger partial charge in [-0.15, -0.1) is 0 Å². The summed E-state index contributed by atoms with van der Waals surface area (Å²) in [6.45, 7) is 0. The van der Waals surface area contributed by atoms with E-state index in [4.69, 9.17) is 5.10 Å². The molecule has 0 saturated heterocycles. The number of hydrogen-bond donors (Lipinski definition) is 2. The lowest BCUT2D eigenvalue weighted by atomic mass is 9.77. The van der Waals surface area contributed by atoms with Crippen LogP contribution in [0.5, 0.6) is 0 Å². The fourth-order valence-corrected chi connectivity index (χ4v) is 5.80. The van der Waals surface area contributed by atoms with E-state index in [9.17, 15) is 10.1 Å². The quantitative estimate of drug-likeness (QED) is 0.215. The smallest absolute Gasteiger partial charge is 0.251 e. The van der Waals surface area contributed by atoms with E-state index in [0.717, 1.165) is 33.2 Å².